The number of carbonyl (C=O) groups excluding carboxylic acids is 1. The highest BCUT2D eigenvalue weighted by atomic mass is 32.1. The smallest absolute Gasteiger partial charge is 0.280 e. The summed E-state index contributed by atoms with van der Waals surface area (Å²) in [5.74, 6) is 0.290. The first kappa shape index (κ1) is 20.3. The molecule has 2 fully saturated rings. The summed E-state index contributed by atoms with van der Waals surface area (Å²) in [6.45, 7) is 2.97. The third-order valence-corrected chi connectivity index (χ3v) is 7.05. The van der Waals surface area contributed by atoms with Crippen molar-refractivity contribution in [2.45, 2.75) is 30.6 Å². The van der Waals surface area contributed by atoms with Crippen molar-refractivity contribution in [1.29, 1.82) is 0 Å². The van der Waals surface area contributed by atoms with Gasteiger partial charge in [-0.2, -0.15) is 0 Å². The number of hydrogen-bond acceptors (Lipinski definition) is 8. The van der Waals surface area contributed by atoms with Crippen LogP contribution in [0.3, 0.4) is 0 Å². The van der Waals surface area contributed by atoms with Crippen LogP contribution in [-0.4, -0.2) is 70.6 Å². The number of aliphatic hydroxyl groups excluding tert-OH is 2. The van der Waals surface area contributed by atoms with Gasteiger partial charge in [-0.15, -0.1) is 11.3 Å². The van der Waals surface area contributed by atoms with Crippen LogP contribution in [0.25, 0.3) is 10.2 Å². The Kier molecular flexibility index (Phi) is 5.58. The molecule has 3 N–H and O–H groups in total. The molecule has 8 nitrogen and oxygen atoms in total. The average Bonchev–Trinajstić information content (AvgIpc) is 3.37. The molecule has 1 aliphatic heterocycles. The molecule has 162 valence electrons. The Bertz CT molecular complexity index is 1030. The van der Waals surface area contributed by atoms with Crippen molar-refractivity contribution in [3.05, 3.63) is 53.2 Å². The monoisotopic (exact) mass is 440 g/mol. The molecule has 0 bridgehead atoms. The van der Waals surface area contributed by atoms with Gasteiger partial charge in [-0.1, -0.05) is 18.2 Å². The normalized spacial score (nSPS) is 26.3. The molecule has 4 unspecified atom stereocenters. The van der Waals surface area contributed by atoms with Crippen molar-refractivity contribution in [3.8, 4) is 0 Å². The maximum Gasteiger partial charge on any atom is 0.280 e. The number of thiazole rings is 1. The van der Waals surface area contributed by atoms with Crippen LogP contribution < -0.4 is 10.2 Å². The average molecular weight is 441 g/mol. The van der Waals surface area contributed by atoms with Crippen LogP contribution in [0, 0.1) is 0 Å². The number of carbonyl (C=O) groups is 1. The number of nitrogens with zero attached hydrogens (tertiary/aromatic N) is 3. The third kappa shape index (κ3) is 4.01. The molecule has 1 saturated carbocycles. The molecular formula is C22H24N4O4S. The Morgan fingerprint density at radius 3 is 2.71 bits per heavy atom. The van der Waals surface area contributed by atoms with Crippen molar-refractivity contribution in [1.82, 2.24) is 15.3 Å². The van der Waals surface area contributed by atoms with Crippen LogP contribution in [0.1, 0.15) is 27.7 Å². The molecule has 1 aliphatic carbocycles. The van der Waals surface area contributed by atoms with Gasteiger partial charge in [-0.25, -0.2) is 9.97 Å². The van der Waals surface area contributed by atoms with E-state index in [-0.39, 0.29) is 11.8 Å². The number of hydrogen-bond donors (Lipinski definition) is 3. The number of nitrogens with one attached hydrogen (secondary N) is 1. The van der Waals surface area contributed by atoms with Crippen molar-refractivity contribution >= 4 is 33.3 Å². The van der Waals surface area contributed by atoms with Crippen molar-refractivity contribution in [2.24, 2.45) is 0 Å². The summed E-state index contributed by atoms with van der Waals surface area (Å²) in [4.78, 5) is 24.0. The zero-order valence-electron chi connectivity index (χ0n) is 16.8. The number of ether oxygens (including phenoxy) is 1. The van der Waals surface area contributed by atoms with Gasteiger partial charge in [0.1, 0.15) is 11.9 Å². The van der Waals surface area contributed by atoms with E-state index in [9.17, 15) is 15.0 Å². The van der Waals surface area contributed by atoms with Crippen molar-refractivity contribution in [2.75, 3.05) is 31.2 Å². The number of amides is 1. The zero-order chi connectivity index (χ0) is 21.4. The highest BCUT2D eigenvalue weighted by Crippen LogP contribution is 2.36. The Balaban J connectivity index is 1.34. The highest BCUT2D eigenvalue weighted by molar-refractivity contribution is 7.20. The first-order valence-electron chi connectivity index (χ1n) is 10.4. The molecule has 1 amide bonds. The summed E-state index contributed by atoms with van der Waals surface area (Å²) < 4.78 is 6.32. The lowest BCUT2D eigenvalue weighted by molar-refractivity contribution is 0.0294. The Hall–Kier alpha value is -2.59. The fraction of sp³-hybridized carbons (Fsp3) is 0.409. The van der Waals surface area contributed by atoms with Gasteiger partial charge in [0.2, 0.25) is 0 Å². The van der Waals surface area contributed by atoms with Crippen LogP contribution in [0.2, 0.25) is 0 Å². The molecule has 2 aliphatic rings. The maximum atomic E-state index is 12.9. The van der Waals surface area contributed by atoms with E-state index in [1.807, 2.05) is 36.4 Å². The number of morpholine rings is 1. The third-order valence-electron chi connectivity index (χ3n) is 6.01. The lowest BCUT2D eigenvalue weighted by Crippen LogP contribution is -2.45. The molecule has 2 aromatic heterocycles. The number of anilines is 1. The Labute approximate surface area is 183 Å². The number of aromatic nitrogens is 2. The fourth-order valence-corrected chi connectivity index (χ4v) is 5.20. The minimum absolute atomic E-state index is 0.241. The number of benzene rings is 1. The van der Waals surface area contributed by atoms with Gasteiger partial charge >= 0.3 is 0 Å². The number of aliphatic hydroxyl groups is 2. The second kappa shape index (κ2) is 8.51. The van der Waals surface area contributed by atoms with E-state index in [0.717, 1.165) is 34.7 Å². The highest BCUT2D eigenvalue weighted by Gasteiger charge is 2.43. The van der Waals surface area contributed by atoms with Crippen LogP contribution in [0.5, 0.6) is 0 Å². The van der Waals surface area contributed by atoms with Gasteiger partial charge in [-0.05, 0) is 30.2 Å². The van der Waals surface area contributed by atoms with E-state index in [0.29, 0.717) is 24.6 Å². The molecule has 4 atom stereocenters. The summed E-state index contributed by atoms with van der Waals surface area (Å²) in [6, 6.07) is 10.9. The van der Waals surface area contributed by atoms with Crippen molar-refractivity contribution in [3.63, 3.8) is 0 Å². The molecule has 3 aromatic rings. The van der Waals surface area contributed by atoms with Crippen LogP contribution >= 0.6 is 11.3 Å². The van der Waals surface area contributed by atoms with Gasteiger partial charge in [-0.3, -0.25) is 4.79 Å². The van der Waals surface area contributed by atoms with Gasteiger partial charge in [0.05, 0.1) is 35.6 Å². The van der Waals surface area contributed by atoms with E-state index in [1.165, 1.54) is 11.3 Å². The van der Waals surface area contributed by atoms with Gasteiger partial charge < -0.3 is 25.2 Å². The summed E-state index contributed by atoms with van der Waals surface area (Å²) in [5, 5.41) is 24.1. The van der Waals surface area contributed by atoms with E-state index in [4.69, 9.17) is 4.74 Å². The number of pyridine rings is 1. The molecule has 0 radical (unpaired) electrons. The minimum Gasteiger partial charge on any atom is -0.390 e. The SMILES string of the molecule is O=C(NC1C(c2ccc(N3CCOCC3)nc2)CC(O)C1O)c1nc2ccccc2s1. The van der Waals surface area contributed by atoms with Gasteiger partial charge in [0, 0.05) is 25.2 Å². The predicted octanol–water partition coefficient (Wildman–Crippen LogP) is 1.54. The first-order valence-corrected chi connectivity index (χ1v) is 11.2. The molecule has 1 aromatic carbocycles. The molecule has 1 saturated heterocycles. The Morgan fingerprint density at radius 2 is 1.97 bits per heavy atom. The molecule has 31 heavy (non-hydrogen) atoms. The summed E-state index contributed by atoms with van der Waals surface area (Å²) in [6.07, 6.45) is 0.161. The van der Waals surface area contributed by atoms with E-state index in [1.54, 1.807) is 6.20 Å². The van der Waals surface area contributed by atoms with Gasteiger partial charge in [0.15, 0.2) is 5.01 Å². The minimum atomic E-state index is -1.05. The number of rotatable bonds is 4. The molecule has 9 heteroatoms. The predicted molar refractivity (Wildman–Crippen MR) is 118 cm³/mol. The molecule has 3 heterocycles. The van der Waals surface area contributed by atoms with Crippen LogP contribution in [0.4, 0.5) is 5.82 Å². The first-order chi connectivity index (χ1) is 15.1. The van der Waals surface area contributed by atoms with E-state index < -0.39 is 18.2 Å². The van der Waals surface area contributed by atoms with E-state index >= 15 is 0 Å². The second-order valence-electron chi connectivity index (χ2n) is 7.94. The lowest BCUT2D eigenvalue weighted by atomic mass is 9.95. The van der Waals surface area contributed by atoms with Gasteiger partial charge in [0.25, 0.3) is 5.91 Å². The second-order valence-corrected chi connectivity index (χ2v) is 8.97. The fourth-order valence-electron chi connectivity index (χ4n) is 4.33. The summed E-state index contributed by atoms with van der Waals surface area (Å²) >= 11 is 1.31. The largest absolute Gasteiger partial charge is 0.390 e. The maximum absolute atomic E-state index is 12.9. The number of fused-ring (bicyclic) bond motifs is 1. The quantitative estimate of drug-likeness (QED) is 0.565. The topological polar surface area (TPSA) is 108 Å². The summed E-state index contributed by atoms with van der Waals surface area (Å²) in [7, 11) is 0. The van der Waals surface area contributed by atoms with Crippen molar-refractivity contribution < 1.29 is 19.7 Å². The molecule has 5 rings (SSSR count). The summed E-state index contributed by atoms with van der Waals surface area (Å²) in [5.41, 5.74) is 1.64. The van der Waals surface area contributed by atoms with E-state index in [2.05, 4.69) is 20.2 Å². The van der Waals surface area contributed by atoms with Crippen LogP contribution in [-0.2, 0) is 4.74 Å². The number of para-hydroxylation sites is 1. The lowest BCUT2D eigenvalue weighted by Gasteiger charge is -2.28. The molecule has 0 spiro atoms. The molecular weight excluding hydrogens is 416 g/mol. The van der Waals surface area contributed by atoms with Crippen LogP contribution in [0.15, 0.2) is 42.6 Å². The zero-order valence-corrected chi connectivity index (χ0v) is 17.7. The standard InChI is InChI=1S/C22H24N4O4S/c27-16-11-14(13-5-6-18(23-12-13)26-7-9-30-10-8-26)19(20(16)28)25-21(29)22-24-15-3-1-2-4-17(15)31-22/h1-6,12,14,16,19-20,27-28H,7-11H2,(H,25,29). The Morgan fingerprint density at radius 1 is 1.16 bits per heavy atom.